The normalized spacial score (nSPS) is 11.2. The summed E-state index contributed by atoms with van der Waals surface area (Å²) in [5.41, 5.74) is 3.13. The lowest BCUT2D eigenvalue weighted by molar-refractivity contribution is -0.116. The Balaban J connectivity index is 1.96. The number of rotatable bonds is 6. The zero-order chi connectivity index (χ0) is 14.5. The molecular weight excluding hydrogens is 294 g/mol. The largest absolute Gasteiger partial charge is 0.323 e. The number of nitrogens with zero attached hydrogens (tertiary/aromatic N) is 1. The van der Waals surface area contributed by atoms with Crippen molar-refractivity contribution in [1.82, 2.24) is 10.3 Å². The third-order valence-electron chi connectivity index (χ3n) is 2.85. The zero-order valence-electron chi connectivity index (χ0n) is 11.6. The predicted octanol–water partition coefficient (Wildman–Crippen LogP) is 3.67. The van der Waals surface area contributed by atoms with Crippen LogP contribution in [0.1, 0.15) is 26.7 Å². The van der Waals surface area contributed by atoms with Crippen LogP contribution in [0.5, 0.6) is 0 Å². The molecule has 2 rings (SSSR count). The van der Waals surface area contributed by atoms with Crippen LogP contribution < -0.4 is 10.6 Å². The molecule has 108 valence electrons. The Bertz CT molecular complexity index is 597. The lowest BCUT2D eigenvalue weighted by Crippen LogP contribution is -2.24. The van der Waals surface area contributed by atoms with Crippen LogP contribution in [-0.2, 0) is 4.79 Å². The average Bonchev–Trinajstić information content (AvgIpc) is 2.86. The molecular formula is C14H18ClN3OS. The van der Waals surface area contributed by atoms with E-state index in [1.807, 2.05) is 6.07 Å². The van der Waals surface area contributed by atoms with Crippen LogP contribution in [-0.4, -0.2) is 23.5 Å². The van der Waals surface area contributed by atoms with E-state index in [0.29, 0.717) is 23.2 Å². The van der Waals surface area contributed by atoms with E-state index in [2.05, 4.69) is 29.5 Å². The van der Waals surface area contributed by atoms with E-state index < -0.39 is 0 Å². The molecule has 0 spiro atoms. The molecule has 1 heterocycles. The van der Waals surface area contributed by atoms with Gasteiger partial charge in [0.2, 0.25) is 5.91 Å². The molecule has 0 atom stereocenters. The minimum Gasteiger partial charge on any atom is -0.323 e. The first kappa shape index (κ1) is 15.2. The van der Waals surface area contributed by atoms with Crippen molar-refractivity contribution in [2.75, 3.05) is 11.9 Å². The number of amides is 1. The highest BCUT2D eigenvalue weighted by atomic mass is 35.5. The highest BCUT2D eigenvalue weighted by Gasteiger charge is 2.11. The van der Waals surface area contributed by atoms with Gasteiger partial charge in [-0.2, -0.15) is 0 Å². The number of nitrogens with one attached hydrogen (secondary N) is 2. The van der Waals surface area contributed by atoms with E-state index >= 15 is 0 Å². The topological polar surface area (TPSA) is 54.0 Å². The number of aromatic nitrogens is 1. The summed E-state index contributed by atoms with van der Waals surface area (Å²) < 4.78 is 1.02. The van der Waals surface area contributed by atoms with Gasteiger partial charge < -0.3 is 10.6 Å². The Morgan fingerprint density at radius 1 is 1.45 bits per heavy atom. The second-order valence-corrected chi connectivity index (χ2v) is 6.18. The highest BCUT2D eigenvalue weighted by molar-refractivity contribution is 7.16. The molecule has 0 bridgehead atoms. The van der Waals surface area contributed by atoms with Crippen molar-refractivity contribution in [3.05, 3.63) is 22.7 Å². The van der Waals surface area contributed by atoms with Crippen LogP contribution in [0.3, 0.4) is 0 Å². The van der Waals surface area contributed by atoms with Crippen molar-refractivity contribution in [2.45, 2.75) is 32.7 Å². The molecule has 6 heteroatoms. The van der Waals surface area contributed by atoms with E-state index in [1.165, 1.54) is 11.3 Å². The molecule has 2 aromatic rings. The molecule has 4 nitrogen and oxygen atoms in total. The number of hydrogen-bond acceptors (Lipinski definition) is 4. The Labute approximate surface area is 127 Å². The van der Waals surface area contributed by atoms with Crippen LogP contribution in [0.25, 0.3) is 10.2 Å². The SMILES string of the molecule is CC(C)NCCCC(=O)Nc1c(Cl)ccc2scnc12. The van der Waals surface area contributed by atoms with Crippen molar-refractivity contribution in [3.63, 3.8) is 0 Å². The number of halogens is 1. The van der Waals surface area contributed by atoms with Gasteiger partial charge in [0.1, 0.15) is 5.52 Å². The molecule has 0 saturated heterocycles. The van der Waals surface area contributed by atoms with Crippen molar-refractivity contribution in [3.8, 4) is 0 Å². The van der Waals surface area contributed by atoms with Crippen molar-refractivity contribution < 1.29 is 4.79 Å². The molecule has 0 aliphatic carbocycles. The Kier molecular flexibility index (Phi) is 5.34. The standard InChI is InChI=1S/C14H18ClN3OS/c1-9(2)16-7-3-4-12(19)18-13-10(15)5-6-11-14(13)17-8-20-11/h5-6,8-9,16H,3-4,7H2,1-2H3,(H,18,19). The van der Waals surface area contributed by atoms with E-state index in [9.17, 15) is 4.79 Å². The number of fused-ring (bicyclic) bond motifs is 1. The van der Waals surface area contributed by atoms with E-state index in [0.717, 1.165) is 23.2 Å². The minimum atomic E-state index is -0.0297. The fraction of sp³-hybridized carbons (Fsp3) is 0.429. The second kappa shape index (κ2) is 7.02. The third kappa shape index (κ3) is 3.91. The molecule has 0 radical (unpaired) electrons. The quantitative estimate of drug-likeness (QED) is 0.800. The molecule has 0 aliphatic heterocycles. The fourth-order valence-corrected chi connectivity index (χ4v) is 2.75. The summed E-state index contributed by atoms with van der Waals surface area (Å²) in [6.45, 7) is 5.01. The van der Waals surface area contributed by atoms with Gasteiger partial charge in [-0.15, -0.1) is 11.3 Å². The number of anilines is 1. The molecule has 0 unspecified atom stereocenters. The number of thiazole rings is 1. The summed E-state index contributed by atoms with van der Waals surface area (Å²) in [5, 5.41) is 6.68. The van der Waals surface area contributed by atoms with Crippen molar-refractivity contribution >= 4 is 44.7 Å². The first-order chi connectivity index (χ1) is 9.58. The number of benzene rings is 1. The molecule has 1 aromatic heterocycles. The van der Waals surface area contributed by atoms with Crippen molar-refractivity contribution in [1.29, 1.82) is 0 Å². The monoisotopic (exact) mass is 311 g/mol. The van der Waals surface area contributed by atoms with Gasteiger partial charge in [-0.05, 0) is 25.1 Å². The Hall–Kier alpha value is -1.17. The number of hydrogen-bond donors (Lipinski definition) is 2. The summed E-state index contributed by atoms with van der Waals surface area (Å²) in [4.78, 5) is 16.2. The Morgan fingerprint density at radius 2 is 2.25 bits per heavy atom. The molecule has 1 aromatic carbocycles. The maximum atomic E-state index is 12.0. The third-order valence-corrected chi connectivity index (χ3v) is 3.96. The zero-order valence-corrected chi connectivity index (χ0v) is 13.1. The van der Waals surface area contributed by atoms with Gasteiger partial charge in [0.05, 0.1) is 20.9 Å². The summed E-state index contributed by atoms with van der Waals surface area (Å²) in [5.74, 6) is -0.0297. The fourth-order valence-electron chi connectivity index (χ4n) is 1.87. The maximum Gasteiger partial charge on any atom is 0.224 e. The van der Waals surface area contributed by atoms with Gasteiger partial charge in [-0.1, -0.05) is 25.4 Å². The summed E-state index contributed by atoms with van der Waals surface area (Å²) in [6.07, 6.45) is 1.27. The summed E-state index contributed by atoms with van der Waals surface area (Å²) >= 11 is 7.68. The lowest BCUT2D eigenvalue weighted by atomic mass is 10.2. The molecule has 0 fully saturated rings. The van der Waals surface area contributed by atoms with Gasteiger partial charge in [0.25, 0.3) is 0 Å². The van der Waals surface area contributed by atoms with Crippen LogP contribution in [0.15, 0.2) is 17.6 Å². The number of carbonyl (C=O) groups excluding carboxylic acids is 1. The first-order valence-electron chi connectivity index (χ1n) is 6.63. The smallest absolute Gasteiger partial charge is 0.224 e. The van der Waals surface area contributed by atoms with Crippen LogP contribution in [0, 0.1) is 0 Å². The van der Waals surface area contributed by atoms with Crippen LogP contribution in [0.2, 0.25) is 5.02 Å². The first-order valence-corrected chi connectivity index (χ1v) is 7.88. The number of carbonyl (C=O) groups is 1. The van der Waals surface area contributed by atoms with Gasteiger partial charge in [0.15, 0.2) is 0 Å². The second-order valence-electron chi connectivity index (χ2n) is 4.88. The van der Waals surface area contributed by atoms with E-state index in [-0.39, 0.29) is 5.91 Å². The lowest BCUT2D eigenvalue weighted by Gasteiger charge is -2.09. The van der Waals surface area contributed by atoms with Crippen LogP contribution >= 0.6 is 22.9 Å². The van der Waals surface area contributed by atoms with Crippen molar-refractivity contribution in [2.24, 2.45) is 0 Å². The van der Waals surface area contributed by atoms with E-state index in [4.69, 9.17) is 11.6 Å². The van der Waals surface area contributed by atoms with Crippen LogP contribution in [0.4, 0.5) is 5.69 Å². The van der Waals surface area contributed by atoms with Gasteiger partial charge >= 0.3 is 0 Å². The van der Waals surface area contributed by atoms with Gasteiger partial charge in [0, 0.05) is 12.5 Å². The molecule has 2 N–H and O–H groups in total. The molecule has 0 aliphatic rings. The van der Waals surface area contributed by atoms with Gasteiger partial charge in [-0.25, -0.2) is 4.98 Å². The summed E-state index contributed by atoms with van der Waals surface area (Å²) in [7, 11) is 0. The summed E-state index contributed by atoms with van der Waals surface area (Å²) in [6, 6.07) is 4.14. The van der Waals surface area contributed by atoms with Gasteiger partial charge in [-0.3, -0.25) is 4.79 Å². The maximum absolute atomic E-state index is 12.0. The average molecular weight is 312 g/mol. The van der Waals surface area contributed by atoms with E-state index in [1.54, 1.807) is 11.6 Å². The Morgan fingerprint density at radius 3 is 3.00 bits per heavy atom. The molecule has 1 amide bonds. The molecule has 20 heavy (non-hydrogen) atoms. The predicted molar refractivity (Wildman–Crippen MR) is 85.6 cm³/mol. The molecule has 0 saturated carbocycles. The highest BCUT2D eigenvalue weighted by Crippen LogP contribution is 2.32. The minimum absolute atomic E-state index is 0.0297.